The summed E-state index contributed by atoms with van der Waals surface area (Å²) < 4.78 is 31.0. The van der Waals surface area contributed by atoms with Gasteiger partial charge >= 0.3 is 5.97 Å². The van der Waals surface area contributed by atoms with E-state index in [0.29, 0.717) is 12.3 Å². The molecule has 1 rings (SSSR count). The molecule has 0 heterocycles. The number of rotatable bonds is 6. The van der Waals surface area contributed by atoms with Crippen LogP contribution in [0.1, 0.15) is 10.4 Å². The van der Waals surface area contributed by atoms with Crippen LogP contribution in [0.4, 0.5) is 0 Å². The van der Waals surface area contributed by atoms with Gasteiger partial charge in [-0.25, -0.2) is 17.9 Å². The van der Waals surface area contributed by atoms with Crippen molar-refractivity contribution in [2.24, 2.45) is 0 Å². The number of esters is 1. The molecule has 0 radical (unpaired) electrons. The van der Waals surface area contributed by atoms with Crippen LogP contribution in [0.25, 0.3) is 0 Å². The number of carbonyl (C=O) groups is 1. The summed E-state index contributed by atoms with van der Waals surface area (Å²) in [7, 11) is -2.47. The summed E-state index contributed by atoms with van der Waals surface area (Å²) in [6, 6.07) is 5.96. The van der Waals surface area contributed by atoms with Crippen LogP contribution in [0.2, 0.25) is 0 Å². The Balaban J connectivity index is 3.05. The lowest BCUT2D eigenvalue weighted by Gasteiger charge is -2.09. The molecule has 0 aromatic heterocycles. The predicted octanol–water partition coefficient (Wildman–Crippen LogP) is 1.11. The van der Waals surface area contributed by atoms with Crippen molar-refractivity contribution in [3.05, 3.63) is 29.8 Å². The van der Waals surface area contributed by atoms with Gasteiger partial charge in [0.15, 0.2) is 0 Å². The van der Waals surface area contributed by atoms with E-state index in [1.807, 2.05) is 6.26 Å². The summed E-state index contributed by atoms with van der Waals surface area (Å²) in [6.07, 6.45) is 1.89. The van der Waals surface area contributed by atoms with Crippen molar-refractivity contribution < 1.29 is 17.9 Å². The fourth-order valence-corrected chi connectivity index (χ4v) is 3.00. The summed E-state index contributed by atoms with van der Waals surface area (Å²) >= 11 is 1.53. The monoisotopic (exact) mass is 289 g/mol. The molecular formula is C11H15NO4S2. The van der Waals surface area contributed by atoms with E-state index in [-0.39, 0.29) is 10.5 Å². The Bertz CT molecular complexity index is 514. The molecule has 0 amide bonds. The molecule has 0 fully saturated rings. The zero-order valence-electron chi connectivity index (χ0n) is 10.2. The van der Waals surface area contributed by atoms with Gasteiger partial charge in [0.25, 0.3) is 0 Å². The summed E-state index contributed by atoms with van der Waals surface area (Å²) in [6.45, 7) is 0.318. The van der Waals surface area contributed by atoms with E-state index >= 15 is 0 Å². The number of nitrogens with one attached hydrogen (secondary N) is 1. The summed E-state index contributed by atoms with van der Waals surface area (Å²) in [5, 5.41) is 0. The minimum Gasteiger partial charge on any atom is -0.465 e. The smallest absolute Gasteiger partial charge is 0.339 e. The summed E-state index contributed by atoms with van der Waals surface area (Å²) in [5.74, 6) is 0.000403. The summed E-state index contributed by atoms with van der Waals surface area (Å²) in [5.41, 5.74) is 0.0386. The maximum atomic E-state index is 12.0. The molecule has 0 aliphatic carbocycles. The second-order valence-electron chi connectivity index (χ2n) is 3.38. The fraction of sp³-hybridized carbons (Fsp3) is 0.364. The molecule has 1 N–H and O–H groups in total. The molecule has 0 saturated heterocycles. The van der Waals surface area contributed by atoms with Crippen molar-refractivity contribution >= 4 is 27.8 Å². The van der Waals surface area contributed by atoms with Crippen LogP contribution in [0.3, 0.4) is 0 Å². The van der Waals surface area contributed by atoms with Crippen LogP contribution in [-0.4, -0.2) is 40.1 Å². The van der Waals surface area contributed by atoms with Crippen LogP contribution < -0.4 is 4.72 Å². The Morgan fingerprint density at radius 1 is 1.39 bits per heavy atom. The van der Waals surface area contributed by atoms with Crippen LogP contribution in [-0.2, 0) is 14.8 Å². The quantitative estimate of drug-likeness (QED) is 0.627. The third kappa shape index (κ3) is 3.72. The molecule has 0 atom stereocenters. The Kier molecular flexibility index (Phi) is 5.64. The van der Waals surface area contributed by atoms with Gasteiger partial charge < -0.3 is 4.74 Å². The molecule has 18 heavy (non-hydrogen) atoms. The minimum atomic E-state index is -3.68. The molecule has 100 valence electrons. The van der Waals surface area contributed by atoms with E-state index in [9.17, 15) is 13.2 Å². The van der Waals surface area contributed by atoms with Crippen LogP contribution in [0.5, 0.6) is 0 Å². The largest absolute Gasteiger partial charge is 0.465 e. The average Bonchev–Trinajstić information content (AvgIpc) is 2.38. The average molecular weight is 289 g/mol. The third-order valence-electron chi connectivity index (χ3n) is 2.18. The molecule has 0 bridgehead atoms. The van der Waals surface area contributed by atoms with E-state index in [1.165, 1.54) is 31.0 Å². The van der Waals surface area contributed by atoms with E-state index in [1.54, 1.807) is 12.1 Å². The fourth-order valence-electron chi connectivity index (χ4n) is 1.34. The van der Waals surface area contributed by atoms with Gasteiger partial charge in [0.2, 0.25) is 10.0 Å². The number of methoxy groups -OCH3 is 1. The topological polar surface area (TPSA) is 72.5 Å². The number of carbonyl (C=O) groups excluding carboxylic acids is 1. The third-order valence-corrected chi connectivity index (χ3v) is 4.31. The van der Waals surface area contributed by atoms with Gasteiger partial charge in [-0.1, -0.05) is 12.1 Å². The molecule has 0 aliphatic heterocycles. The maximum absolute atomic E-state index is 12.0. The van der Waals surface area contributed by atoms with E-state index < -0.39 is 16.0 Å². The molecule has 0 spiro atoms. The molecule has 1 aromatic carbocycles. The van der Waals surface area contributed by atoms with Crippen LogP contribution >= 0.6 is 11.8 Å². The second-order valence-corrected chi connectivity index (χ2v) is 6.10. The molecule has 0 saturated carbocycles. The lowest BCUT2D eigenvalue weighted by Crippen LogP contribution is -2.27. The Morgan fingerprint density at radius 2 is 2.06 bits per heavy atom. The first-order valence-corrected chi connectivity index (χ1v) is 8.06. The Labute approximate surface area is 111 Å². The minimum absolute atomic E-state index is 0.0386. The molecule has 0 unspecified atom stereocenters. The molecule has 5 nitrogen and oxygen atoms in total. The predicted molar refractivity (Wildman–Crippen MR) is 71.4 cm³/mol. The molecule has 1 aromatic rings. The van der Waals surface area contributed by atoms with Crippen molar-refractivity contribution in [2.45, 2.75) is 4.90 Å². The number of benzene rings is 1. The van der Waals surface area contributed by atoms with Crippen molar-refractivity contribution in [2.75, 3.05) is 25.7 Å². The molecule has 0 aliphatic rings. The SMILES string of the molecule is COC(=O)c1ccccc1S(=O)(=O)NCCSC. The highest BCUT2D eigenvalue weighted by molar-refractivity contribution is 7.98. The number of hydrogen-bond acceptors (Lipinski definition) is 5. The van der Waals surface area contributed by atoms with Gasteiger partial charge in [0, 0.05) is 12.3 Å². The van der Waals surface area contributed by atoms with Gasteiger partial charge in [-0.2, -0.15) is 11.8 Å². The van der Waals surface area contributed by atoms with Gasteiger partial charge in [-0.05, 0) is 18.4 Å². The number of sulfonamides is 1. The molecule has 7 heteroatoms. The van der Waals surface area contributed by atoms with Crippen molar-refractivity contribution in [1.29, 1.82) is 0 Å². The number of hydrogen-bond donors (Lipinski definition) is 1. The second kappa shape index (κ2) is 6.77. The van der Waals surface area contributed by atoms with Crippen LogP contribution in [0, 0.1) is 0 Å². The number of ether oxygens (including phenoxy) is 1. The maximum Gasteiger partial charge on any atom is 0.339 e. The standard InChI is InChI=1S/C11H15NO4S2/c1-16-11(13)9-5-3-4-6-10(9)18(14,15)12-7-8-17-2/h3-6,12H,7-8H2,1-2H3. The van der Waals surface area contributed by atoms with Gasteiger partial charge in [-0.15, -0.1) is 0 Å². The first-order valence-electron chi connectivity index (χ1n) is 5.19. The highest BCUT2D eigenvalue weighted by Gasteiger charge is 2.21. The Morgan fingerprint density at radius 3 is 2.67 bits per heavy atom. The van der Waals surface area contributed by atoms with E-state index in [0.717, 1.165) is 0 Å². The van der Waals surface area contributed by atoms with Crippen molar-refractivity contribution in [1.82, 2.24) is 4.72 Å². The van der Waals surface area contributed by atoms with E-state index in [2.05, 4.69) is 9.46 Å². The number of thioether (sulfide) groups is 1. The van der Waals surface area contributed by atoms with Gasteiger partial charge in [0.1, 0.15) is 0 Å². The normalized spacial score (nSPS) is 11.2. The zero-order chi connectivity index (χ0) is 13.6. The van der Waals surface area contributed by atoms with Crippen molar-refractivity contribution in [3.63, 3.8) is 0 Å². The van der Waals surface area contributed by atoms with E-state index in [4.69, 9.17) is 0 Å². The molecular weight excluding hydrogens is 274 g/mol. The van der Waals surface area contributed by atoms with Crippen LogP contribution in [0.15, 0.2) is 29.2 Å². The lowest BCUT2D eigenvalue weighted by molar-refractivity contribution is 0.0596. The van der Waals surface area contributed by atoms with Crippen molar-refractivity contribution in [3.8, 4) is 0 Å². The van der Waals surface area contributed by atoms with Gasteiger partial charge in [0.05, 0.1) is 17.6 Å². The summed E-state index contributed by atoms with van der Waals surface area (Å²) in [4.78, 5) is 11.4. The Hall–Kier alpha value is -1.05. The first kappa shape index (κ1) is 15.0. The highest BCUT2D eigenvalue weighted by atomic mass is 32.2. The lowest BCUT2D eigenvalue weighted by atomic mass is 10.2. The highest BCUT2D eigenvalue weighted by Crippen LogP contribution is 2.16. The van der Waals surface area contributed by atoms with Gasteiger partial charge in [-0.3, -0.25) is 0 Å². The first-order chi connectivity index (χ1) is 8.53. The zero-order valence-corrected chi connectivity index (χ0v) is 11.8.